The minimum atomic E-state index is -4.63. The van der Waals surface area contributed by atoms with Crippen LogP contribution in [0, 0.1) is 0 Å². The van der Waals surface area contributed by atoms with E-state index in [-0.39, 0.29) is 49.5 Å². The Bertz CT molecular complexity index is 1270. The molecule has 0 aliphatic heterocycles. The van der Waals surface area contributed by atoms with Gasteiger partial charge in [0.15, 0.2) is 0 Å². The zero-order valence-corrected chi connectivity index (χ0v) is 25.0. The molecule has 0 radical (unpaired) electrons. The van der Waals surface area contributed by atoms with E-state index in [1.165, 1.54) is 11.0 Å². The maximum Gasteiger partial charge on any atom is 0.416 e. The molecule has 0 saturated heterocycles. The van der Waals surface area contributed by atoms with E-state index in [0.29, 0.717) is 0 Å². The van der Waals surface area contributed by atoms with Crippen molar-refractivity contribution >= 4 is 43.5 Å². The van der Waals surface area contributed by atoms with Gasteiger partial charge in [0.1, 0.15) is 6.04 Å². The number of sulfonamides is 1. The van der Waals surface area contributed by atoms with Crippen LogP contribution in [-0.2, 0) is 32.3 Å². The van der Waals surface area contributed by atoms with Crippen molar-refractivity contribution in [1.82, 2.24) is 10.2 Å². The van der Waals surface area contributed by atoms with E-state index in [2.05, 4.69) is 21.2 Å². The molecule has 7 nitrogen and oxygen atoms in total. The van der Waals surface area contributed by atoms with E-state index >= 15 is 0 Å². The molecule has 2 aromatic carbocycles. The van der Waals surface area contributed by atoms with Crippen LogP contribution in [-0.4, -0.2) is 50.0 Å². The van der Waals surface area contributed by atoms with Gasteiger partial charge in [0.2, 0.25) is 21.8 Å². The van der Waals surface area contributed by atoms with Crippen molar-refractivity contribution in [2.24, 2.45) is 0 Å². The van der Waals surface area contributed by atoms with Crippen LogP contribution in [0.4, 0.5) is 18.9 Å². The second kappa shape index (κ2) is 13.8. The molecule has 2 aromatic rings. The minimum absolute atomic E-state index is 0.0515. The third kappa shape index (κ3) is 9.22. The van der Waals surface area contributed by atoms with Crippen LogP contribution in [0.2, 0.25) is 0 Å². The number of hydrogen-bond donors (Lipinski definition) is 1. The van der Waals surface area contributed by atoms with Crippen LogP contribution in [0.25, 0.3) is 0 Å². The highest BCUT2D eigenvalue weighted by molar-refractivity contribution is 9.10. The monoisotopic (exact) mass is 645 g/mol. The van der Waals surface area contributed by atoms with Gasteiger partial charge in [-0.25, -0.2) is 8.42 Å². The summed E-state index contributed by atoms with van der Waals surface area (Å²) in [6, 6.07) is 10.7. The number of benzene rings is 2. The number of halogens is 4. The van der Waals surface area contributed by atoms with Gasteiger partial charge in [-0.3, -0.25) is 13.9 Å². The molecule has 0 aromatic heterocycles. The summed E-state index contributed by atoms with van der Waals surface area (Å²) in [7, 11) is -3.92. The number of amides is 2. The number of nitrogens with one attached hydrogen (secondary N) is 1. The molecule has 1 atom stereocenters. The number of carbonyl (C=O) groups excluding carboxylic acids is 2. The largest absolute Gasteiger partial charge is 0.416 e. The molecule has 3 rings (SSSR count). The van der Waals surface area contributed by atoms with Crippen LogP contribution >= 0.6 is 15.9 Å². The lowest BCUT2D eigenvalue weighted by Gasteiger charge is -2.31. The average molecular weight is 647 g/mol. The Hall–Kier alpha value is -2.60. The zero-order chi connectivity index (χ0) is 29.5. The summed E-state index contributed by atoms with van der Waals surface area (Å²) in [4.78, 5) is 28.0. The van der Waals surface area contributed by atoms with Crippen molar-refractivity contribution in [3.05, 3.63) is 64.1 Å². The fourth-order valence-electron chi connectivity index (χ4n) is 4.78. The molecule has 1 aliphatic rings. The summed E-state index contributed by atoms with van der Waals surface area (Å²) in [5, 5.41) is 3.06. The highest BCUT2D eigenvalue weighted by Crippen LogP contribution is 2.32. The summed E-state index contributed by atoms with van der Waals surface area (Å²) in [6.45, 7) is 1.65. The molecular weight excluding hydrogens is 611 g/mol. The number of hydrogen-bond acceptors (Lipinski definition) is 4. The molecule has 12 heteroatoms. The highest BCUT2D eigenvalue weighted by Gasteiger charge is 2.32. The fraction of sp³-hybridized carbons (Fsp3) is 0.500. The molecule has 1 fully saturated rings. The molecule has 220 valence electrons. The Labute approximate surface area is 242 Å². The highest BCUT2D eigenvalue weighted by atomic mass is 79.9. The summed E-state index contributed by atoms with van der Waals surface area (Å²) in [5.41, 5.74) is -0.277. The SMILES string of the molecule is C[C@@H](C(=O)NC1CCCCC1)N(Cc1ccc(Br)cc1)C(=O)CCCN(c1cccc(C(F)(F)F)c1)S(C)(=O)=O. The van der Waals surface area contributed by atoms with Crippen molar-refractivity contribution in [2.45, 2.75) is 76.7 Å². The fourth-order valence-corrected chi connectivity index (χ4v) is 6.00. The van der Waals surface area contributed by atoms with Crippen LogP contribution in [0.5, 0.6) is 0 Å². The van der Waals surface area contributed by atoms with Gasteiger partial charge < -0.3 is 10.2 Å². The molecule has 0 bridgehead atoms. The first-order chi connectivity index (χ1) is 18.8. The smallest absolute Gasteiger partial charge is 0.352 e. The predicted octanol–water partition coefficient (Wildman–Crippen LogP) is 5.88. The molecule has 0 spiro atoms. The van der Waals surface area contributed by atoms with Gasteiger partial charge in [-0.1, -0.05) is 53.4 Å². The second-order valence-corrected chi connectivity index (χ2v) is 13.0. The summed E-state index contributed by atoms with van der Waals surface area (Å²) in [6.07, 6.45) is 1.27. The Kier molecular flexibility index (Phi) is 11.0. The normalized spacial score (nSPS) is 15.3. The van der Waals surface area contributed by atoms with Gasteiger partial charge in [0, 0.05) is 30.0 Å². The Morgan fingerprint density at radius 3 is 2.33 bits per heavy atom. The van der Waals surface area contributed by atoms with Gasteiger partial charge >= 0.3 is 6.18 Å². The Balaban J connectivity index is 1.74. The number of rotatable bonds is 11. The molecule has 1 N–H and O–H groups in total. The topological polar surface area (TPSA) is 86.8 Å². The van der Waals surface area contributed by atoms with Crippen molar-refractivity contribution in [3.8, 4) is 0 Å². The Morgan fingerprint density at radius 2 is 1.73 bits per heavy atom. The molecule has 0 unspecified atom stereocenters. The van der Waals surface area contributed by atoms with Crippen LogP contribution in [0.15, 0.2) is 53.0 Å². The van der Waals surface area contributed by atoms with E-state index in [1.54, 1.807) is 6.92 Å². The maximum atomic E-state index is 13.4. The first kappa shape index (κ1) is 31.9. The molecule has 1 saturated carbocycles. The molecule has 0 heterocycles. The number of alkyl halides is 3. The van der Waals surface area contributed by atoms with Gasteiger partial charge in [0.25, 0.3) is 0 Å². The third-order valence-electron chi connectivity index (χ3n) is 7.00. The van der Waals surface area contributed by atoms with E-state index < -0.39 is 27.8 Å². The lowest BCUT2D eigenvalue weighted by molar-refractivity contribution is -0.141. The predicted molar refractivity (Wildman–Crippen MR) is 152 cm³/mol. The average Bonchev–Trinajstić information content (AvgIpc) is 2.89. The first-order valence-electron chi connectivity index (χ1n) is 13.2. The van der Waals surface area contributed by atoms with Gasteiger partial charge in [-0.05, 0) is 62.1 Å². The van der Waals surface area contributed by atoms with Crippen molar-refractivity contribution in [3.63, 3.8) is 0 Å². The van der Waals surface area contributed by atoms with Gasteiger partial charge in [0.05, 0.1) is 17.5 Å². The maximum absolute atomic E-state index is 13.4. The quantitative estimate of drug-likeness (QED) is 0.331. The van der Waals surface area contributed by atoms with Gasteiger partial charge in [-0.15, -0.1) is 0 Å². The van der Waals surface area contributed by atoms with Crippen LogP contribution < -0.4 is 9.62 Å². The van der Waals surface area contributed by atoms with Gasteiger partial charge in [-0.2, -0.15) is 13.2 Å². The molecule has 1 aliphatic carbocycles. The minimum Gasteiger partial charge on any atom is -0.352 e. The Morgan fingerprint density at radius 1 is 1.07 bits per heavy atom. The lowest BCUT2D eigenvalue weighted by Crippen LogP contribution is -2.50. The number of nitrogens with zero attached hydrogens (tertiary/aromatic N) is 2. The van der Waals surface area contributed by atoms with E-state index in [0.717, 1.165) is 70.9 Å². The van der Waals surface area contributed by atoms with Crippen molar-refractivity contribution in [1.29, 1.82) is 0 Å². The summed E-state index contributed by atoms with van der Waals surface area (Å²) >= 11 is 3.39. The summed E-state index contributed by atoms with van der Waals surface area (Å²) in [5.74, 6) is -0.606. The number of carbonyl (C=O) groups is 2. The van der Waals surface area contributed by atoms with Crippen LogP contribution in [0.3, 0.4) is 0 Å². The molecular formula is C28H35BrF3N3O4S. The van der Waals surface area contributed by atoms with E-state index in [1.807, 2.05) is 24.3 Å². The van der Waals surface area contributed by atoms with Crippen LogP contribution in [0.1, 0.15) is 63.0 Å². The second-order valence-electron chi connectivity index (χ2n) is 10.2. The zero-order valence-electron chi connectivity index (χ0n) is 22.6. The van der Waals surface area contributed by atoms with E-state index in [4.69, 9.17) is 0 Å². The lowest BCUT2D eigenvalue weighted by atomic mass is 9.95. The van der Waals surface area contributed by atoms with Crippen molar-refractivity contribution < 1.29 is 31.2 Å². The summed E-state index contributed by atoms with van der Waals surface area (Å²) < 4.78 is 66.3. The number of anilines is 1. The molecule has 40 heavy (non-hydrogen) atoms. The van der Waals surface area contributed by atoms with E-state index in [9.17, 15) is 31.2 Å². The third-order valence-corrected chi connectivity index (χ3v) is 8.72. The standard InChI is InChI=1S/C28H35BrF3N3O4S/c1-20(27(37)33-24-9-4-3-5-10-24)34(19-21-13-15-23(29)16-14-21)26(36)12-7-17-35(40(2,38)39)25-11-6-8-22(18-25)28(30,31)32/h6,8,11,13-16,18,20,24H,3-5,7,9-10,12,17,19H2,1-2H3,(H,33,37)/t20-/m0/s1. The van der Waals surface area contributed by atoms with Crippen molar-refractivity contribution in [2.75, 3.05) is 17.1 Å². The molecule has 2 amide bonds. The first-order valence-corrected chi connectivity index (χ1v) is 15.9.